The zero-order valence-corrected chi connectivity index (χ0v) is 33.1. The molecule has 3 aromatic rings. The second kappa shape index (κ2) is 31.0. The quantitative estimate of drug-likeness (QED) is 0.0308. The van der Waals surface area contributed by atoms with Crippen LogP contribution in [0.15, 0.2) is 72.8 Å². The van der Waals surface area contributed by atoms with Crippen LogP contribution in [0.1, 0.15) is 141 Å². The first-order valence-corrected chi connectivity index (χ1v) is 18.9. The summed E-state index contributed by atoms with van der Waals surface area (Å²) in [4.78, 5) is 77.9. The molecule has 3 aromatic carbocycles. The number of aromatic hydroxyl groups is 1. The van der Waals surface area contributed by atoms with E-state index in [4.69, 9.17) is 34.6 Å². The molecule has 0 saturated carbocycles. The SMILES string of the molecule is COC(=O)c1ccccc1OC(=O)CCCCCCCCC(=O)Oc1ccccc1C(C)=O.O.O=C(O)CCCCCCCCC(=O)O.O=C(O)c1ccccc1O. The number of carboxylic acids is 3. The van der Waals surface area contributed by atoms with Crippen molar-refractivity contribution in [1.82, 2.24) is 0 Å². The number of hydrogen-bond donors (Lipinski definition) is 4. The van der Waals surface area contributed by atoms with Gasteiger partial charge in [0.1, 0.15) is 28.4 Å². The molecule has 0 bridgehead atoms. The van der Waals surface area contributed by atoms with Crippen molar-refractivity contribution in [1.29, 1.82) is 0 Å². The van der Waals surface area contributed by atoms with E-state index < -0.39 is 23.9 Å². The van der Waals surface area contributed by atoms with Gasteiger partial charge in [0.15, 0.2) is 5.78 Å². The highest BCUT2D eigenvalue weighted by atomic mass is 16.5. The molecule has 3 rings (SSSR count). The van der Waals surface area contributed by atoms with Crippen LogP contribution in [0.3, 0.4) is 0 Å². The minimum Gasteiger partial charge on any atom is -0.507 e. The van der Waals surface area contributed by atoms with Crippen molar-refractivity contribution >= 4 is 41.6 Å². The Kier molecular flexibility index (Phi) is 27.8. The molecule has 0 spiro atoms. The number of ether oxygens (including phenoxy) is 3. The maximum absolute atomic E-state index is 12.1. The second-order valence-electron chi connectivity index (χ2n) is 12.8. The number of phenols is 1. The van der Waals surface area contributed by atoms with Gasteiger partial charge >= 0.3 is 35.8 Å². The number of methoxy groups -OCH3 is 1. The van der Waals surface area contributed by atoms with Gasteiger partial charge in [-0.05, 0) is 69.0 Å². The van der Waals surface area contributed by atoms with Gasteiger partial charge in [0.25, 0.3) is 0 Å². The number of benzene rings is 3. The van der Waals surface area contributed by atoms with Crippen molar-refractivity contribution in [2.24, 2.45) is 0 Å². The van der Waals surface area contributed by atoms with E-state index in [1.807, 2.05) is 0 Å². The summed E-state index contributed by atoms with van der Waals surface area (Å²) in [7, 11) is 1.28. The van der Waals surface area contributed by atoms with Crippen LogP contribution in [0.5, 0.6) is 17.2 Å². The third-order valence-electron chi connectivity index (χ3n) is 8.18. The van der Waals surface area contributed by atoms with Crippen molar-refractivity contribution in [3.63, 3.8) is 0 Å². The fourth-order valence-corrected chi connectivity index (χ4v) is 5.19. The molecule has 0 saturated heterocycles. The van der Waals surface area contributed by atoms with Crippen LogP contribution in [0.4, 0.5) is 0 Å². The van der Waals surface area contributed by atoms with Gasteiger partial charge in [0.05, 0.1) is 12.7 Å². The highest BCUT2D eigenvalue weighted by molar-refractivity contribution is 5.97. The first-order chi connectivity index (χ1) is 27.3. The minimum absolute atomic E-state index is 0. The Morgan fingerprint density at radius 2 is 0.828 bits per heavy atom. The Morgan fingerprint density at radius 1 is 0.483 bits per heavy atom. The molecular formula is C43H56O15. The molecule has 0 radical (unpaired) electrons. The Hall–Kier alpha value is -6.09. The van der Waals surface area contributed by atoms with Gasteiger partial charge < -0.3 is 40.1 Å². The molecule has 0 atom stereocenters. The highest BCUT2D eigenvalue weighted by Crippen LogP contribution is 2.21. The van der Waals surface area contributed by atoms with Crippen molar-refractivity contribution < 1.29 is 73.7 Å². The Labute approximate surface area is 338 Å². The fraction of sp³-hybridized carbons (Fsp3) is 0.419. The molecule has 0 aliphatic heterocycles. The van der Waals surface area contributed by atoms with Crippen LogP contribution < -0.4 is 9.47 Å². The van der Waals surface area contributed by atoms with Crippen molar-refractivity contribution in [3.8, 4) is 17.2 Å². The zero-order valence-electron chi connectivity index (χ0n) is 33.1. The Bertz CT molecular complexity index is 1710. The molecular weight excluding hydrogens is 756 g/mol. The van der Waals surface area contributed by atoms with Crippen LogP contribution in [-0.4, -0.2) is 74.6 Å². The van der Waals surface area contributed by atoms with Gasteiger partial charge in [-0.1, -0.05) is 87.8 Å². The highest BCUT2D eigenvalue weighted by Gasteiger charge is 2.15. The number of ketones is 1. The number of rotatable bonds is 23. The van der Waals surface area contributed by atoms with Gasteiger partial charge in [-0.2, -0.15) is 0 Å². The number of unbranched alkanes of at least 4 members (excludes halogenated alkanes) is 10. The van der Waals surface area contributed by atoms with Gasteiger partial charge in [-0.15, -0.1) is 0 Å². The molecule has 0 fully saturated rings. The summed E-state index contributed by atoms with van der Waals surface area (Å²) in [6.07, 6.45) is 11.4. The lowest BCUT2D eigenvalue weighted by Gasteiger charge is -2.08. The maximum atomic E-state index is 12.1. The molecule has 6 N–H and O–H groups in total. The molecule has 0 aromatic heterocycles. The van der Waals surface area contributed by atoms with E-state index in [1.54, 1.807) is 60.7 Å². The van der Waals surface area contributed by atoms with Crippen LogP contribution in [0.2, 0.25) is 0 Å². The first-order valence-electron chi connectivity index (χ1n) is 18.9. The number of carboxylic acid groups (broad SMARTS) is 3. The van der Waals surface area contributed by atoms with E-state index in [9.17, 15) is 33.6 Å². The van der Waals surface area contributed by atoms with Crippen molar-refractivity contribution in [2.75, 3.05) is 7.11 Å². The van der Waals surface area contributed by atoms with Crippen molar-refractivity contribution in [2.45, 2.75) is 110 Å². The average molecular weight is 813 g/mol. The number of Topliss-reactive ketones (excluding diaryl/α,β-unsaturated/α-hetero) is 1. The molecule has 0 aliphatic carbocycles. The summed E-state index contributed by atoms with van der Waals surface area (Å²) in [5.74, 6) is -3.72. The summed E-state index contributed by atoms with van der Waals surface area (Å²) >= 11 is 0. The lowest BCUT2D eigenvalue weighted by molar-refractivity contribution is -0.138. The van der Waals surface area contributed by atoms with E-state index >= 15 is 0 Å². The third kappa shape index (κ3) is 23.7. The topological polar surface area (TPSA) is 260 Å². The number of aliphatic carboxylic acids is 2. The number of carbonyl (C=O) groups excluding carboxylic acids is 4. The van der Waals surface area contributed by atoms with Crippen LogP contribution in [-0.2, 0) is 23.9 Å². The Balaban J connectivity index is 0.00000106. The van der Waals surface area contributed by atoms with E-state index in [2.05, 4.69) is 0 Å². The monoisotopic (exact) mass is 812 g/mol. The first kappa shape index (κ1) is 51.9. The molecule has 0 heterocycles. The molecule has 15 heteroatoms. The zero-order chi connectivity index (χ0) is 42.4. The van der Waals surface area contributed by atoms with Crippen LogP contribution in [0, 0.1) is 0 Å². The lowest BCUT2D eigenvalue weighted by Crippen LogP contribution is -2.11. The van der Waals surface area contributed by atoms with Crippen LogP contribution in [0.25, 0.3) is 0 Å². The molecule has 0 amide bonds. The number of hydrogen-bond acceptors (Lipinski definition) is 11. The van der Waals surface area contributed by atoms with Gasteiger partial charge in [0, 0.05) is 25.7 Å². The maximum Gasteiger partial charge on any atom is 0.341 e. The van der Waals surface area contributed by atoms with Gasteiger partial charge in [-0.3, -0.25) is 24.0 Å². The molecule has 15 nitrogen and oxygen atoms in total. The summed E-state index contributed by atoms with van der Waals surface area (Å²) in [6, 6.07) is 19.0. The normalized spacial score (nSPS) is 9.90. The molecule has 318 valence electrons. The molecule has 0 unspecified atom stereocenters. The van der Waals surface area contributed by atoms with E-state index in [-0.39, 0.29) is 71.5 Å². The molecule has 0 aliphatic rings. The predicted octanol–water partition coefficient (Wildman–Crippen LogP) is 7.85. The smallest absolute Gasteiger partial charge is 0.341 e. The summed E-state index contributed by atoms with van der Waals surface area (Å²) in [6.45, 7) is 1.44. The van der Waals surface area contributed by atoms with E-state index in [0.717, 1.165) is 64.2 Å². The number of aromatic carboxylic acids is 1. The third-order valence-corrected chi connectivity index (χ3v) is 8.18. The number of esters is 3. The fourth-order valence-electron chi connectivity index (χ4n) is 5.19. The van der Waals surface area contributed by atoms with Crippen LogP contribution >= 0.6 is 0 Å². The van der Waals surface area contributed by atoms with E-state index in [1.165, 1.54) is 26.2 Å². The standard InChI is InChI=1S/C26H30O7.C10H18O4.C7H6O3.H2O/c1-19(27)20-13-9-11-15-22(20)32-24(28)17-7-5-3-4-6-8-18-25(29)33-23-16-12-10-14-21(23)26(30)31-2;11-9(12)7-5-3-1-2-4-6-8-10(13)14;8-6-4-2-1-3-5(6)7(9)10;/h9-16H,3-8,17-18H2,1-2H3;1-8H2,(H,11,12)(H,13,14);1-4,8H,(H,9,10);1H2. The summed E-state index contributed by atoms with van der Waals surface area (Å²) in [5, 5.41) is 34.0. The largest absolute Gasteiger partial charge is 0.507 e. The van der Waals surface area contributed by atoms with Crippen molar-refractivity contribution in [3.05, 3.63) is 89.5 Å². The summed E-state index contributed by atoms with van der Waals surface area (Å²) < 4.78 is 15.3. The lowest BCUT2D eigenvalue weighted by atomic mass is 10.1. The van der Waals surface area contributed by atoms with Gasteiger partial charge in [0.2, 0.25) is 0 Å². The van der Waals surface area contributed by atoms with Gasteiger partial charge in [-0.25, -0.2) is 9.59 Å². The minimum atomic E-state index is -1.11. The number of para-hydroxylation sites is 3. The molecule has 58 heavy (non-hydrogen) atoms. The number of carbonyl (C=O) groups is 7. The average Bonchev–Trinajstić information content (AvgIpc) is 3.17. The summed E-state index contributed by atoms with van der Waals surface area (Å²) in [5.41, 5.74) is 0.553. The Morgan fingerprint density at radius 3 is 1.19 bits per heavy atom. The predicted molar refractivity (Wildman–Crippen MR) is 213 cm³/mol. The van der Waals surface area contributed by atoms with E-state index in [0.29, 0.717) is 24.2 Å². The second-order valence-corrected chi connectivity index (χ2v) is 12.8.